The molecule has 0 aliphatic carbocycles. The van der Waals surface area contributed by atoms with Gasteiger partial charge in [-0.15, -0.1) is 0 Å². The predicted octanol–water partition coefficient (Wildman–Crippen LogP) is 3.13. The van der Waals surface area contributed by atoms with E-state index in [1.54, 1.807) is 6.92 Å². The molecule has 0 spiro atoms. The van der Waals surface area contributed by atoms with Crippen molar-refractivity contribution in [1.29, 1.82) is 0 Å². The second kappa shape index (κ2) is 8.40. The first-order valence-electron chi connectivity index (χ1n) is 7.89. The Hall–Kier alpha value is -0.900. The number of esters is 1. The Morgan fingerprint density at radius 2 is 2.15 bits per heavy atom. The number of ether oxygens (including phenoxy) is 2. The number of ketones is 1. The lowest BCUT2D eigenvalue weighted by Crippen LogP contribution is -2.49. The van der Waals surface area contributed by atoms with Crippen molar-refractivity contribution >= 4 is 11.8 Å². The quantitative estimate of drug-likeness (QED) is 0.507. The topological polar surface area (TPSA) is 52.6 Å². The Kier molecular flexibility index (Phi) is 7.20. The summed E-state index contributed by atoms with van der Waals surface area (Å²) in [4.78, 5) is 24.7. The fourth-order valence-electron chi connectivity index (χ4n) is 2.87. The van der Waals surface area contributed by atoms with Crippen molar-refractivity contribution in [3.8, 4) is 0 Å². The molecule has 1 aliphatic heterocycles. The van der Waals surface area contributed by atoms with E-state index in [1.807, 2.05) is 0 Å². The number of unbranched alkanes of at least 4 members (excludes halogenated alkanes) is 1. The standard InChI is InChI=1S/C16H28O4/c1-4-7-8-13(5-2)11-16(15(18)20-6-3)12-19-10-9-14(16)17/h13H,4-12H2,1-3H3. The lowest BCUT2D eigenvalue weighted by Gasteiger charge is -2.35. The Morgan fingerprint density at radius 3 is 2.70 bits per heavy atom. The van der Waals surface area contributed by atoms with Crippen molar-refractivity contribution in [2.24, 2.45) is 11.3 Å². The summed E-state index contributed by atoms with van der Waals surface area (Å²) < 4.78 is 10.6. The molecular weight excluding hydrogens is 256 g/mol. The number of hydrogen-bond acceptors (Lipinski definition) is 4. The third-order valence-corrected chi connectivity index (χ3v) is 4.20. The molecule has 4 heteroatoms. The largest absolute Gasteiger partial charge is 0.465 e. The average molecular weight is 284 g/mol. The summed E-state index contributed by atoms with van der Waals surface area (Å²) in [6.45, 7) is 6.96. The van der Waals surface area contributed by atoms with Crippen LogP contribution in [-0.2, 0) is 19.1 Å². The highest BCUT2D eigenvalue weighted by atomic mass is 16.5. The second-order valence-corrected chi connectivity index (χ2v) is 5.65. The minimum Gasteiger partial charge on any atom is -0.465 e. The van der Waals surface area contributed by atoms with Crippen LogP contribution in [0.5, 0.6) is 0 Å². The molecule has 1 heterocycles. The lowest BCUT2D eigenvalue weighted by molar-refractivity contribution is -0.171. The fraction of sp³-hybridized carbons (Fsp3) is 0.875. The molecule has 4 nitrogen and oxygen atoms in total. The molecule has 20 heavy (non-hydrogen) atoms. The molecule has 0 aromatic heterocycles. The maximum absolute atomic E-state index is 12.4. The van der Waals surface area contributed by atoms with Gasteiger partial charge < -0.3 is 9.47 Å². The van der Waals surface area contributed by atoms with E-state index >= 15 is 0 Å². The normalized spacial score (nSPS) is 24.4. The zero-order valence-electron chi connectivity index (χ0n) is 13.1. The Labute approximate surface area is 122 Å². The molecule has 1 aliphatic rings. The summed E-state index contributed by atoms with van der Waals surface area (Å²) in [6.07, 6.45) is 5.19. The summed E-state index contributed by atoms with van der Waals surface area (Å²) in [6, 6.07) is 0. The molecule has 0 aromatic carbocycles. The van der Waals surface area contributed by atoms with Crippen molar-refractivity contribution in [1.82, 2.24) is 0 Å². The molecule has 0 saturated carbocycles. The number of rotatable bonds is 8. The van der Waals surface area contributed by atoms with Crippen LogP contribution in [-0.4, -0.2) is 31.6 Å². The smallest absolute Gasteiger partial charge is 0.322 e. The summed E-state index contributed by atoms with van der Waals surface area (Å²) in [5.41, 5.74) is -1.05. The van der Waals surface area contributed by atoms with E-state index in [1.165, 1.54) is 0 Å². The third-order valence-electron chi connectivity index (χ3n) is 4.20. The lowest BCUT2D eigenvalue weighted by atomic mass is 9.72. The van der Waals surface area contributed by atoms with Crippen molar-refractivity contribution in [3.05, 3.63) is 0 Å². The zero-order chi connectivity index (χ0) is 15.0. The molecule has 116 valence electrons. The third kappa shape index (κ3) is 4.05. The first-order valence-corrected chi connectivity index (χ1v) is 7.89. The van der Waals surface area contributed by atoms with Crippen molar-refractivity contribution in [2.45, 2.75) is 59.3 Å². The molecule has 0 N–H and O–H groups in total. The SMILES string of the molecule is CCCCC(CC)CC1(C(=O)OCC)COCCC1=O. The maximum atomic E-state index is 12.4. The highest BCUT2D eigenvalue weighted by molar-refractivity contribution is 6.04. The van der Waals surface area contributed by atoms with Crippen LogP contribution in [0.3, 0.4) is 0 Å². The van der Waals surface area contributed by atoms with E-state index < -0.39 is 5.41 Å². The minimum absolute atomic E-state index is 0.00264. The molecule has 1 fully saturated rings. The molecular formula is C16H28O4. The van der Waals surface area contributed by atoms with Gasteiger partial charge in [0.05, 0.1) is 19.8 Å². The van der Waals surface area contributed by atoms with E-state index in [4.69, 9.17) is 9.47 Å². The van der Waals surface area contributed by atoms with Gasteiger partial charge in [-0.05, 0) is 19.3 Å². The summed E-state index contributed by atoms with van der Waals surface area (Å²) in [5, 5.41) is 0. The van der Waals surface area contributed by atoms with E-state index in [2.05, 4.69) is 13.8 Å². The van der Waals surface area contributed by atoms with Crippen LogP contribution in [0.25, 0.3) is 0 Å². The van der Waals surface area contributed by atoms with Crippen LogP contribution in [0.15, 0.2) is 0 Å². The van der Waals surface area contributed by atoms with E-state index in [9.17, 15) is 9.59 Å². The van der Waals surface area contributed by atoms with Gasteiger partial charge in [-0.2, -0.15) is 0 Å². The van der Waals surface area contributed by atoms with Gasteiger partial charge in [0.15, 0.2) is 5.78 Å². The Morgan fingerprint density at radius 1 is 1.40 bits per heavy atom. The zero-order valence-corrected chi connectivity index (χ0v) is 13.1. The van der Waals surface area contributed by atoms with Crippen molar-refractivity contribution in [3.63, 3.8) is 0 Å². The molecule has 2 atom stereocenters. The second-order valence-electron chi connectivity index (χ2n) is 5.65. The van der Waals surface area contributed by atoms with Crippen molar-refractivity contribution in [2.75, 3.05) is 19.8 Å². The van der Waals surface area contributed by atoms with Crippen molar-refractivity contribution < 1.29 is 19.1 Å². The molecule has 2 unspecified atom stereocenters. The summed E-state index contributed by atoms with van der Waals surface area (Å²) >= 11 is 0. The number of hydrogen-bond donors (Lipinski definition) is 0. The first kappa shape index (κ1) is 17.2. The van der Waals surface area contributed by atoms with Gasteiger partial charge in [0.25, 0.3) is 0 Å². The van der Waals surface area contributed by atoms with Gasteiger partial charge >= 0.3 is 5.97 Å². The monoisotopic (exact) mass is 284 g/mol. The summed E-state index contributed by atoms with van der Waals surface area (Å²) in [7, 11) is 0. The molecule has 0 bridgehead atoms. The molecule has 0 radical (unpaired) electrons. The van der Waals surface area contributed by atoms with Crippen LogP contribution in [0.2, 0.25) is 0 Å². The fourth-order valence-corrected chi connectivity index (χ4v) is 2.87. The Balaban J connectivity index is 2.86. The molecule has 1 saturated heterocycles. The van der Waals surface area contributed by atoms with Crippen LogP contribution in [0.4, 0.5) is 0 Å². The predicted molar refractivity (Wildman–Crippen MR) is 77.4 cm³/mol. The van der Waals surface area contributed by atoms with Crippen LogP contribution in [0, 0.1) is 11.3 Å². The van der Waals surface area contributed by atoms with Gasteiger partial charge in [-0.25, -0.2) is 0 Å². The highest BCUT2D eigenvalue weighted by Crippen LogP contribution is 2.36. The van der Waals surface area contributed by atoms with Crippen LogP contribution >= 0.6 is 0 Å². The Bertz CT molecular complexity index is 326. The van der Waals surface area contributed by atoms with Gasteiger partial charge in [-0.1, -0.05) is 39.5 Å². The number of Topliss-reactive ketones (excluding diaryl/α,β-unsaturated/α-hetero) is 1. The van der Waals surface area contributed by atoms with Gasteiger partial charge in [0.2, 0.25) is 0 Å². The average Bonchev–Trinajstić information content (AvgIpc) is 2.45. The summed E-state index contributed by atoms with van der Waals surface area (Å²) in [5.74, 6) is -0.0122. The molecule has 0 aromatic rings. The van der Waals surface area contributed by atoms with Gasteiger partial charge in [-0.3, -0.25) is 9.59 Å². The van der Waals surface area contributed by atoms with E-state index in [0.29, 0.717) is 32.0 Å². The molecule has 1 rings (SSSR count). The van der Waals surface area contributed by atoms with E-state index in [0.717, 1.165) is 25.7 Å². The van der Waals surface area contributed by atoms with E-state index in [-0.39, 0.29) is 18.4 Å². The number of carbonyl (C=O) groups excluding carboxylic acids is 2. The first-order chi connectivity index (χ1) is 9.60. The van der Waals surface area contributed by atoms with Crippen LogP contribution < -0.4 is 0 Å². The van der Waals surface area contributed by atoms with Gasteiger partial charge in [0, 0.05) is 6.42 Å². The number of carbonyl (C=O) groups is 2. The van der Waals surface area contributed by atoms with Gasteiger partial charge in [0.1, 0.15) is 5.41 Å². The highest BCUT2D eigenvalue weighted by Gasteiger charge is 2.49. The minimum atomic E-state index is -1.05. The molecule has 0 amide bonds. The maximum Gasteiger partial charge on any atom is 0.322 e. The van der Waals surface area contributed by atoms with Crippen LogP contribution in [0.1, 0.15) is 59.3 Å².